The predicted molar refractivity (Wildman–Crippen MR) is 78.1 cm³/mol. The molecule has 100 valence electrons. The van der Waals surface area contributed by atoms with Crippen molar-refractivity contribution in [2.45, 2.75) is 38.3 Å². The lowest BCUT2D eigenvalue weighted by atomic mass is 9.74. The summed E-state index contributed by atoms with van der Waals surface area (Å²) in [5, 5.41) is 15.0. The average molecular weight is 321 g/mol. The molecule has 0 amide bonds. The Morgan fingerprint density at radius 1 is 1.47 bits per heavy atom. The van der Waals surface area contributed by atoms with Crippen molar-refractivity contribution < 1.29 is 5.11 Å². The van der Waals surface area contributed by atoms with Gasteiger partial charge in [-0.1, -0.05) is 31.2 Å². The molecule has 2 unspecified atom stereocenters. The Balaban J connectivity index is 1.90. The highest BCUT2D eigenvalue weighted by Gasteiger charge is 2.35. The molecule has 3 nitrogen and oxygen atoms in total. The fourth-order valence-electron chi connectivity index (χ4n) is 2.83. The molecule has 0 aliphatic heterocycles. The number of hydrogen-bond acceptors (Lipinski definition) is 2. The van der Waals surface area contributed by atoms with Crippen molar-refractivity contribution in [1.29, 1.82) is 0 Å². The van der Waals surface area contributed by atoms with E-state index in [1.54, 1.807) is 6.20 Å². The first-order valence-corrected chi connectivity index (χ1v) is 7.48. The van der Waals surface area contributed by atoms with E-state index in [4.69, 9.17) is 0 Å². The van der Waals surface area contributed by atoms with E-state index in [9.17, 15) is 5.11 Å². The molecule has 19 heavy (non-hydrogen) atoms. The number of halogens is 1. The SMILES string of the molecule is CCCn1ncc(Br)c1C(O)C1Cc2ccccc21. The lowest BCUT2D eigenvalue weighted by Gasteiger charge is -2.34. The highest BCUT2D eigenvalue weighted by atomic mass is 79.9. The summed E-state index contributed by atoms with van der Waals surface area (Å²) in [4.78, 5) is 0. The van der Waals surface area contributed by atoms with Crippen LogP contribution in [-0.4, -0.2) is 14.9 Å². The monoisotopic (exact) mass is 320 g/mol. The Kier molecular flexibility index (Phi) is 3.46. The van der Waals surface area contributed by atoms with Gasteiger partial charge in [-0.25, -0.2) is 0 Å². The molecule has 0 fully saturated rings. The molecule has 2 aromatic rings. The molecule has 0 spiro atoms. The Bertz CT molecular complexity index is 594. The van der Waals surface area contributed by atoms with E-state index < -0.39 is 6.10 Å². The molecule has 4 heteroatoms. The van der Waals surface area contributed by atoms with Crippen molar-refractivity contribution >= 4 is 15.9 Å². The predicted octanol–water partition coefficient (Wildman–Crippen LogP) is 3.43. The zero-order valence-electron chi connectivity index (χ0n) is 10.9. The summed E-state index contributed by atoms with van der Waals surface area (Å²) in [7, 11) is 0. The maximum absolute atomic E-state index is 10.7. The Hall–Kier alpha value is -1.13. The van der Waals surface area contributed by atoms with Crippen LogP contribution in [-0.2, 0) is 13.0 Å². The normalized spacial score (nSPS) is 18.8. The van der Waals surface area contributed by atoms with Gasteiger partial charge in [-0.2, -0.15) is 5.10 Å². The number of nitrogens with zero attached hydrogens (tertiary/aromatic N) is 2. The van der Waals surface area contributed by atoms with Gasteiger partial charge in [0.2, 0.25) is 0 Å². The number of aryl methyl sites for hydroxylation is 1. The largest absolute Gasteiger partial charge is 0.386 e. The summed E-state index contributed by atoms with van der Waals surface area (Å²) >= 11 is 3.51. The van der Waals surface area contributed by atoms with E-state index in [2.05, 4.69) is 46.2 Å². The number of fused-ring (bicyclic) bond motifs is 1. The molecule has 3 rings (SSSR count). The van der Waals surface area contributed by atoms with Gasteiger partial charge < -0.3 is 5.11 Å². The highest BCUT2D eigenvalue weighted by Crippen LogP contribution is 2.44. The number of rotatable bonds is 4. The fourth-order valence-corrected chi connectivity index (χ4v) is 3.36. The van der Waals surface area contributed by atoms with E-state index >= 15 is 0 Å². The number of hydrogen-bond donors (Lipinski definition) is 1. The molecule has 1 aliphatic carbocycles. The number of aliphatic hydroxyl groups is 1. The standard InChI is InChI=1S/C15H17BrN2O/c1-2-7-18-14(13(16)9-17-18)15(19)12-8-10-5-3-4-6-11(10)12/h3-6,9,12,15,19H,2,7-8H2,1H3. The third-order valence-electron chi connectivity index (χ3n) is 3.82. The van der Waals surface area contributed by atoms with Crippen LogP contribution in [0.4, 0.5) is 0 Å². The second-order valence-electron chi connectivity index (χ2n) is 5.06. The van der Waals surface area contributed by atoms with Crippen LogP contribution in [0.3, 0.4) is 0 Å². The van der Waals surface area contributed by atoms with Crippen LogP contribution in [0.2, 0.25) is 0 Å². The van der Waals surface area contributed by atoms with Crippen molar-refractivity contribution in [3.8, 4) is 0 Å². The van der Waals surface area contributed by atoms with Gasteiger partial charge in [0.15, 0.2) is 0 Å². The van der Waals surface area contributed by atoms with Crippen LogP contribution in [0.15, 0.2) is 34.9 Å². The first-order chi connectivity index (χ1) is 9.22. The summed E-state index contributed by atoms with van der Waals surface area (Å²) in [5.74, 6) is 0.194. The summed E-state index contributed by atoms with van der Waals surface area (Å²) in [5.41, 5.74) is 3.52. The summed E-state index contributed by atoms with van der Waals surface area (Å²) in [6, 6.07) is 8.34. The second-order valence-corrected chi connectivity index (χ2v) is 5.91. The molecule has 1 aliphatic rings. The Labute approximate surface area is 121 Å². The van der Waals surface area contributed by atoms with Crippen molar-refractivity contribution in [3.63, 3.8) is 0 Å². The first-order valence-electron chi connectivity index (χ1n) is 6.69. The average Bonchev–Trinajstić information content (AvgIpc) is 2.72. The van der Waals surface area contributed by atoms with Crippen LogP contribution in [0.25, 0.3) is 0 Å². The van der Waals surface area contributed by atoms with Gasteiger partial charge in [-0.15, -0.1) is 0 Å². The highest BCUT2D eigenvalue weighted by molar-refractivity contribution is 9.10. The Morgan fingerprint density at radius 2 is 2.26 bits per heavy atom. The summed E-state index contributed by atoms with van der Waals surface area (Å²) in [6.45, 7) is 2.96. The van der Waals surface area contributed by atoms with Crippen LogP contribution in [0.1, 0.15) is 42.2 Å². The van der Waals surface area contributed by atoms with E-state index in [0.717, 1.165) is 29.6 Å². The Morgan fingerprint density at radius 3 is 3.00 bits per heavy atom. The smallest absolute Gasteiger partial charge is 0.104 e. The zero-order valence-corrected chi connectivity index (χ0v) is 12.5. The van der Waals surface area contributed by atoms with Gasteiger partial charge in [0.05, 0.1) is 16.4 Å². The lowest BCUT2D eigenvalue weighted by Crippen LogP contribution is -2.25. The minimum atomic E-state index is -0.488. The summed E-state index contributed by atoms with van der Waals surface area (Å²) in [6.07, 6.45) is 3.24. The minimum Gasteiger partial charge on any atom is -0.386 e. The molecule has 0 saturated heterocycles. The number of benzene rings is 1. The molecule has 1 heterocycles. The van der Waals surface area contributed by atoms with Gasteiger partial charge in [0, 0.05) is 12.5 Å². The van der Waals surface area contributed by atoms with Gasteiger partial charge in [-0.3, -0.25) is 4.68 Å². The van der Waals surface area contributed by atoms with E-state index in [0.29, 0.717) is 0 Å². The topological polar surface area (TPSA) is 38.0 Å². The molecule has 1 aromatic heterocycles. The van der Waals surface area contributed by atoms with Crippen LogP contribution in [0.5, 0.6) is 0 Å². The molecule has 1 aromatic carbocycles. The van der Waals surface area contributed by atoms with Crippen LogP contribution >= 0.6 is 15.9 Å². The van der Waals surface area contributed by atoms with Crippen molar-refractivity contribution in [2.24, 2.45) is 0 Å². The zero-order chi connectivity index (χ0) is 13.4. The third-order valence-corrected chi connectivity index (χ3v) is 4.44. The van der Waals surface area contributed by atoms with Crippen molar-refractivity contribution in [2.75, 3.05) is 0 Å². The van der Waals surface area contributed by atoms with E-state index in [1.165, 1.54) is 11.1 Å². The molecule has 0 bridgehead atoms. The van der Waals surface area contributed by atoms with Gasteiger partial charge in [0.1, 0.15) is 6.10 Å². The maximum Gasteiger partial charge on any atom is 0.104 e. The molecule has 0 radical (unpaired) electrons. The van der Waals surface area contributed by atoms with Gasteiger partial charge in [-0.05, 0) is 39.9 Å². The van der Waals surface area contributed by atoms with Crippen LogP contribution in [0, 0.1) is 0 Å². The van der Waals surface area contributed by atoms with E-state index in [-0.39, 0.29) is 5.92 Å². The molecule has 0 saturated carbocycles. The molecular weight excluding hydrogens is 304 g/mol. The van der Waals surface area contributed by atoms with Crippen LogP contribution < -0.4 is 0 Å². The molecule has 1 N–H and O–H groups in total. The molecular formula is C15H17BrN2O. The lowest BCUT2D eigenvalue weighted by molar-refractivity contribution is 0.123. The van der Waals surface area contributed by atoms with Crippen molar-refractivity contribution in [3.05, 3.63) is 51.8 Å². The third kappa shape index (κ3) is 2.13. The van der Waals surface area contributed by atoms with E-state index in [1.807, 2.05) is 10.7 Å². The maximum atomic E-state index is 10.7. The summed E-state index contributed by atoms with van der Waals surface area (Å²) < 4.78 is 2.81. The fraction of sp³-hybridized carbons (Fsp3) is 0.400. The number of aliphatic hydroxyl groups excluding tert-OH is 1. The molecule has 2 atom stereocenters. The van der Waals surface area contributed by atoms with Crippen molar-refractivity contribution in [1.82, 2.24) is 9.78 Å². The second kappa shape index (κ2) is 5.10. The number of aromatic nitrogens is 2. The van der Waals surface area contributed by atoms with Gasteiger partial charge >= 0.3 is 0 Å². The first kappa shape index (κ1) is 12.9. The quantitative estimate of drug-likeness (QED) is 0.937. The minimum absolute atomic E-state index is 0.194. The van der Waals surface area contributed by atoms with Gasteiger partial charge in [0.25, 0.3) is 0 Å².